The predicted octanol–water partition coefficient (Wildman–Crippen LogP) is 4.90. The first-order chi connectivity index (χ1) is 9.24. The van der Waals surface area contributed by atoms with Gasteiger partial charge in [0.2, 0.25) is 0 Å². The summed E-state index contributed by atoms with van der Waals surface area (Å²) in [6.07, 6.45) is 0. The van der Waals surface area contributed by atoms with Crippen molar-refractivity contribution < 1.29 is 4.42 Å². The van der Waals surface area contributed by atoms with E-state index in [4.69, 9.17) is 4.42 Å². The Hall–Kier alpha value is -1.98. The van der Waals surface area contributed by atoms with Gasteiger partial charge in [0.05, 0.1) is 4.47 Å². The minimum absolute atomic E-state index is 0.668. The van der Waals surface area contributed by atoms with E-state index in [1.165, 1.54) is 5.56 Å². The van der Waals surface area contributed by atoms with Gasteiger partial charge in [0, 0.05) is 10.9 Å². The number of aryl methyl sites for hydroxylation is 1. The van der Waals surface area contributed by atoms with E-state index in [1.54, 1.807) is 0 Å². The minimum Gasteiger partial charge on any atom is -0.446 e. The Balaban J connectivity index is 2.02. The second kappa shape index (κ2) is 4.95. The van der Waals surface area contributed by atoms with Crippen molar-refractivity contribution in [1.82, 2.24) is 0 Å². The van der Waals surface area contributed by atoms with E-state index in [2.05, 4.69) is 46.8 Å². The van der Waals surface area contributed by atoms with Crippen molar-refractivity contribution in [2.24, 2.45) is 0 Å². The number of benzene rings is 2. The number of hydrogen-bond donors (Lipinski definition) is 0. The maximum Gasteiger partial charge on any atom is 0.192 e. The van der Waals surface area contributed by atoms with Gasteiger partial charge in [-0.15, -0.1) is 0 Å². The lowest BCUT2D eigenvalue weighted by molar-refractivity contribution is 0.599. The highest BCUT2D eigenvalue weighted by Crippen LogP contribution is 2.29. The number of halogens is 1. The van der Waals surface area contributed by atoms with Gasteiger partial charge in [-0.05, 0) is 53.0 Å². The predicted molar refractivity (Wildman–Crippen MR) is 81.1 cm³/mol. The van der Waals surface area contributed by atoms with Gasteiger partial charge < -0.3 is 4.42 Å². The minimum atomic E-state index is 0.668. The number of furan rings is 1. The highest BCUT2D eigenvalue weighted by atomic mass is 79.9. The molecule has 19 heavy (non-hydrogen) atoms. The summed E-state index contributed by atoms with van der Waals surface area (Å²) >= 11 is 3.54. The lowest BCUT2D eigenvalue weighted by Gasteiger charge is -1.91. The summed E-state index contributed by atoms with van der Waals surface area (Å²) in [5.41, 5.74) is 3.07. The van der Waals surface area contributed by atoms with Gasteiger partial charge in [-0.25, -0.2) is 0 Å². The molecule has 0 N–H and O–H groups in total. The first kappa shape index (κ1) is 12.1. The normalized spacial score (nSPS) is 10.2. The zero-order chi connectivity index (χ0) is 13.2. The number of hydrogen-bond acceptors (Lipinski definition) is 1. The summed E-state index contributed by atoms with van der Waals surface area (Å²) in [7, 11) is 0. The molecule has 1 nitrogen and oxygen atoms in total. The van der Waals surface area contributed by atoms with E-state index in [0.29, 0.717) is 5.76 Å². The third kappa shape index (κ3) is 2.43. The Morgan fingerprint density at radius 3 is 2.42 bits per heavy atom. The molecule has 0 saturated heterocycles. The summed E-state index contributed by atoms with van der Waals surface area (Å²) in [4.78, 5) is 0. The molecule has 1 aromatic heterocycles. The molecule has 0 aliphatic carbocycles. The molecule has 0 radical (unpaired) electrons. The third-order valence-electron chi connectivity index (χ3n) is 2.91. The third-order valence-corrected chi connectivity index (χ3v) is 3.69. The van der Waals surface area contributed by atoms with Crippen molar-refractivity contribution in [2.75, 3.05) is 0 Å². The maximum atomic E-state index is 5.72. The quantitative estimate of drug-likeness (QED) is 0.538. The van der Waals surface area contributed by atoms with Gasteiger partial charge in [0.15, 0.2) is 5.76 Å². The monoisotopic (exact) mass is 310 g/mol. The van der Waals surface area contributed by atoms with Crippen LogP contribution in [0.25, 0.3) is 11.0 Å². The highest BCUT2D eigenvalue weighted by molar-refractivity contribution is 9.10. The van der Waals surface area contributed by atoms with Crippen LogP contribution in [0.3, 0.4) is 0 Å². The van der Waals surface area contributed by atoms with Gasteiger partial charge in [-0.3, -0.25) is 0 Å². The van der Waals surface area contributed by atoms with E-state index >= 15 is 0 Å². The molecular weight excluding hydrogens is 300 g/mol. The average Bonchev–Trinajstić information content (AvgIpc) is 2.76. The number of fused-ring (bicyclic) bond motifs is 1. The molecule has 92 valence electrons. The Kier molecular flexibility index (Phi) is 3.15. The molecule has 0 amide bonds. The smallest absolute Gasteiger partial charge is 0.192 e. The molecule has 3 aromatic rings. The second-order valence-electron chi connectivity index (χ2n) is 4.36. The highest BCUT2D eigenvalue weighted by Gasteiger charge is 2.08. The van der Waals surface area contributed by atoms with Gasteiger partial charge in [0.1, 0.15) is 5.58 Å². The molecule has 1 heterocycles. The van der Waals surface area contributed by atoms with Crippen LogP contribution in [-0.4, -0.2) is 0 Å². The fourth-order valence-corrected chi connectivity index (χ4v) is 2.37. The van der Waals surface area contributed by atoms with Crippen LogP contribution in [-0.2, 0) is 0 Å². The van der Waals surface area contributed by atoms with Crippen LogP contribution >= 0.6 is 15.9 Å². The topological polar surface area (TPSA) is 13.1 Å². The molecular formula is C17H11BrO. The molecule has 0 spiro atoms. The molecule has 0 saturated carbocycles. The van der Waals surface area contributed by atoms with Crippen molar-refractivity contribution in [1.29, 1.82) is 0 Å². The second-order valence-corrected chi connectivity index (χ2v) is 5.15. The first-order valence-electron chi connectivity index (χ1n) is 6.00. The van der Waals surface area contributed by atoms with Crippen molar-refractivity contribution in [3.63, 3.8) is 0 Å². The van der Waals surface area contributed by atoms with Crippen LogP contribution in [0.2, 0.25) is 0 Å². The lowest BCUT2D eigenvalue weighted by atomic mass is 10.1. The summed E-state index contributed by atoms with van der Waals surface area (Å²) in [6, 6.07) is 16.0. The molecule has 0 fully saturated rings. The van der Waals surface area contributed by atoms with E-state index in [-0.39, 0.29) is 0 Å². The standard InChI is InChI=1S/C17H11BrO/c1-12-6-8-13(9-7-12)10-11-16-17(18)14-4-2-3-5-15(14)19-16/h2-9H,1H3. The summed E-state index contributed by atoms with van der Waals surface area (Å²) < 4.78 is 6.64. The number of rotatable bonds is 0. The first-order valence-corrected chi connectivity index (χ1v) is 6.79. The van der Waals surface area contributed by atoms with E-state index in [0.717, 1.165) is 21.0 Å². The Labute approximate surface area is 120 Å². The SMILES string of the molecule is Cc1ccc(C#Cc2oc3ccccc3c2Br)cc1. The summed E-state index contributed by atoms with van der Waals surface area (Å²) in [5.74, 6) is 6.86. The Bertz CT molecular complexity index is 785. The fourth-order valence-electron chi connectivity index (χ4n) is 1.86. The van der Waals surface area contributed by atoms with Crippen LogP contribution in [0.15, 0.2) is 57.4 Å². The molecule has 2 heteroatoms. The zero-order valence-corrected chi connectivity index (χ0v) is 12.0. The molecule has 0 bridgehead atoms. The molecule has 0 aliphatic heterocycles. The van der Waals surface area contributed by atoms with E-state index in [9.17, 15) is 0 Å². The Morgan fingerprint density at radius 1 is 0.947 bits per heavy atom. The van der Waals surface area contributed by atoms with Crippen LogP contribution < -0.4 is 0 Å². The van der Waals surface area contributed by atoms with Gasteiger partial charge in [0.25, 0.3) is 0 Å². The van der Waals surface area contributed by atoms with Crippen LogP contribution in [0.4, 0.5) is 0 Å². The molecule has 2 aromatic carbocycles. The lowest BCUT2D eigenvalue weighted by Crippen LogP contribution is -1.75. The zero-order valence-electron chi connectivity index (χ0n) is 10.4. The van der Waals surface area contributed by atoms with E-state index in [1.807, 2.05) is 36.4 Å². The van der Waals surface area contributed by atoms with Crippen LogP contribution in [0, 0.1) is 18.8 Å². The van der Waals surface area contributed by atoms with Crippen molar-refractivity contribution >= 4 is 26.9 Å². The van der Waals surface area contributed by atoms with Gasteiger partial charge >= 0.3 is 0 Å². The number of para-hydroxylation sites is 1. The van der Waals surface area contributed by atoms with Crippen molar-refractivity contribution in [2.45, 2.75) is 6.92 Å². The Morgan fingerprint density at radius 2 is 1.68 bits per heavy atom. The van der Waals surface area contributed by atoms with Crippen molar-refractivity contribution in [3.8, 4) is 11.8 Å². The maximum absolute atomic E-state index is 5.72. The molecule has 0 atom stereocenters. The van der Waals surface area contributed by atoms with Gasteiger partial charge in [-0.1, -0.05) is 35.7 Å². The average molecular weight is 311 g/mol. The van der Waals surface area contributed by atoms with E-state index < -0.39 is 0 Å². The molecule has 0 aliphatic rings. The van der Waals surface area contributed by atoms with Gasteiger partial charge in [-0.2, -0.15) is 0 Å². The van der Waals surface area contributed by atoms with Crippen molar-refractivity contribution in [3.05, 3.63) is 69.9 Å². The molecule has 3 rings (SSSR count). The summed E-state index contributed by atoms with van der Waals surface area (Å²) in [5, 5.41) is 1.05. The summed E-state index contributed by atoms with van der Waals surface area (Å²) in [6.45, 7) is 2.06. The molecule has 0 unspecified atom stereocenters. The van der Waals surface area contributed by atoms with Crippen LogP contribution in [0.1, 0.15) is 16.9 Å². The fraction of sp³-hybridized carbons (Fsp3) is 0.0588. The van der Waals surface area contributed by atoms with Crippen LogP contribution in [0.5, 0.6) is 0 Å². The largest absolute Gasteiger partial charge is 0.446 e.